The van der Waals surface area contributed by atoms with Gasteiger partial charge in [-0.3, -0.25) is 4.99 Å². The Balaban J connectivity index is 0.00000312. The van der Waals surface area contributed by atoms with Gasteiger partial charge in [0, 0.05) is 25.7 Å². The van der Waals surface area contributed by atoms with Crippen LogP contribution in [0.3, 0.4) is 0 Å². The van der Waals surface area contributed by atoms with Crippen molar-refractivity contribution in [3.05, 3.63) is 65.5 Å². The van der Waals surface area contributed by atoms with E-state index in [1.807, 2.05) is 18.2 Å². The van der Waals surface area contributed by atoms with Crippen LogP contribution >= 0.6 is 24.0 Å². The third kappa shape index (κ3) is 7.29. The van der Waals surface area contributed by atoms with Crippen LogP contribution in [0.25, 0.3) is 0 Å². The Morgan fingerprint density at radius 1 is 1.08 bits per heavy atom. The lowest BCUT2D eigenvalue weighted by Crippen LogP contribution is -2.37. The fraction of sp³-hybridized carbons (Fsp3) is 0.316. The standard InChI is InChI=1S/C19H24FN3O.HI/c1-21-19(23-14-16-7-3-4-8-18(16)20)22-13-5-6-15-9-11-17(24-2)12-10-15;/h3-4,7-12H,5-6,13-14H2,1-2H3,(H2,21,22,23);1H. The zero-order chi connectivity index (χ0) is 17.2. The van der Waals surface area contributed by atoms with Crippen LogP contribution in [0, 0.1) is 5.82 Å². The van der Waals surface area contributed by atoms with Gasteiger partial charge in [0.1, 0.15) is 11.6 Å². The third-order valence-corrected chi connectivity index (χ3v) is 3.72. The number of methoxy groups -OCH3 is 1. The fourth-order valence-corrected chi connectivity index (χ4v) is 2.33. The van der Waals surface area contributed by atoms with Crippen molar-refractivity contribution >= 4 is 29.9 Å². The van der Waals surface area contributed by atoms with Crippen LogP contribution in [0.2, 0.25) is 0 Å². The Hall–Kier alpha value is -1.83. The molecule has 0 aromatic heterocycles. The van der Waals surface area contributed by atoms with Gasteiger partial charge in [-0.2, -0.15) is 0 Å². The zero-order valence-electron chi connectivity index (χ0n) is 14.6. The molecule has 0 unspecified atom stereocenters. The molecule has 0 saturated carbocycles. The summed E-state index contributed by atoms with van der Waals surface area (Å²) in [4.78, 5) is 4.16. The number of aliphatic imine (C=N–C) groups is 1. The molecule has 0 radical (unpaired) electrons. The maximum atomic E-state index is 13.6. The summed E-state index contributed by atoms with van der Waals surface area (Å²) in [6.07, 6.45) is 1.95. The predicted molar refractivity (Wildman–Crippen MR) is 111 cm³/mol. The van der Waals surface area contributed by atoms with E-state index in [1.54, 1.807) is 26.3 Å². The van der Waals surface area contributed by atoms with Gasteiger partial charge in [0.05, 0.1) is 7.11 Å². The quantitative estimate of drug-likeness (QED) is 0.288. The number of ether oxygens (including phenoxy) is 1. The van der Waals surface area contributed by atoms with Crippen molar-refractivity contribution in [2.24, 2.45) is 4.99 Å². The van der Waals surface area contributed by atoms with E-state index in [0.717, 1.165) is 25.1 Å². The number of hydrogen-bond donors (Lipinski definition) is 2. The van der Waals surface area contributed by atoms with Crippen molar-refractivity contribution in [2.75, 3.05) is 20.7 Å². The largest absolute Gasteiger partial charge is 0.497 e. The average molecular weight is 457 g/mol. The molecule has 0 saturated heterocycles. The molecule has 2 rings (SSSR count). The van der Waals surface area contributed by atoms with Gasteiger partial charge >= 0.3 is 0 Å². The molecule has 0 atom stereocenters. The summed E-state index contributed by atoms with van der Waals surface area (Å²) in [5.74, 6) is 1.34. The van der Waals surface area contributed by atoms with Crippen molar-refractivity contribution in [3.8, 4) is 5.75 Å². The first-order chi connectivity index (χ1) is 11.7. The van der Waals surface area contributed by atoms with E-state index in [1.165, 1.54) is 11.6 Å². The van der Waals surface area contributed by atoms with E-state index in [2.05, 4.69) is 27.8 Å². The van der Waals surface area contributed by atoms with Gasteiger partial charge in [0.2, 0.25) is 0 Å². The van der Waals surface area contributed by atoms with Gasteiger partial charge in [-0.05, 0) is 36.6 Å². The van der Waals surface area contributed by atoms with Crippen molar-refractivity contribution < 1.29 is 9.13 Å². The second kappa shape index (κ2) is 11.7. The topological polar surface area (TPSA) is 45.7 Å². The normalized spacial score (nSPS) is 10.8. The summed E-state index contributed by atoms with van der Waals surface area (Å²) in [7, 11) is 3.37. The Morgan fingerprint density at radius 3 is 2.44 bits per heavy atom. The second-order valence-corrected chi connectivity index (χ2v) is 5.40. The summed E-state index contributed by atoms with van der Waals surface area (Å²) >= 11 is 0. The molecule has 2 N–H and O–H groups in total. The highest BCUT2D eigenvalue weighted by Crippen LogP contribution is 2.12. The molecule has 0 bridgehead atoms. The average Bonchev–Trinajstić information content (AvgIpc) is 2.63. The first-order valence-electron chi connectivity index (χ1n) is 8.04. The van der Waals surface area contributed by atoms with E-state index in [0.29, 0.717) is 18.1 Å². The van der Waals surface area contributed by atoms with Crippen molar-refractivity contribution in [2.45, 2.75) is 19.4 Å². The number of halogens is 2. The monoisotopic (exact) mass is 457 g/mol. The minimum absolute atomic E-state index is 0. The highest BCUT2D eigenvalue weighted by molar-refractivity contribution is 14.0. The summed E-state index contributed by atoms with van der Waals surface area (Å²) < 4.78 is 18.7. The molecule has 0 aliphatic heterocycles. The van der Waals surface area contributed by atoms with Crippen LogP contribution in [0.1, 0.15) is 17.5 Å². The lowest BCUT2D eigenvalue weighted by atomic mass is 10.1. The molecule has 2 aromatic rings. The van der Waals surface area contributed by atoms with Gasteiger partial charge in [-0.25, -0.2) is 4.39 Å². The number of benzene rings is 2. The summed E-state index contributed by atoms with van der Waals surface area (Å²) in [5.41, 5.74) is 1.89. The number of rotatable bonds is 7. The van der Waals surface area contributed by atoms with Crippen LogP contribution in [-0.4, -0.2) is 26.7 Å². The van der Waals surface area contributed by atoms with E-state index in [-0.39, 0.29) is 29.8 Å². The number of nitrogens with zero attached hydrogens (tertiary/aromatic N) is 1. The molecule has 136 valence electrons. The zero-order valence-corrected chi connectivity index (χ0v) is 16.9. The molecule has 0 amide bonds. The van der Waals surface area contributed by atoms with Crippen LogP contribution in [-0.2, 0) is 13.0 Å². The van der Waals surface area contributed by atoms with Gasteiger partial charge in [0.15, 0.2) is 5.96 Å². The van der Waals surface area contributed by atoms with Gasteiger partial charge in [-0.15, -0.1) is 24.0 Å². The Labute approximate surface area is 165 Å². The third-order valence-electron chi connectivity index (χ3n) is 3.72. The van der Waals surface area contributed by atoms with Gasteiger partial charge < -0.3 is 15.4 Å². The van der Waals surface area contributed by atoms with Gasteiger partial charge in [0.25, 0.3) is 0 Å². The van der Waals surface area contributed by atoms with Crippen LogP contribution in [0.15, 0.2) is 53.5 Å². The van der Waals surface area contributed by atoms with Crippen molar-refractivity contribution in [3.63, 3.8) is 0 Å². The van der Waals surface area contributed by atoms with Crippen LogP contribution in [0.5, 0.6) is 5.75 Å². The molecule has 25 heavy (non-hydrogen) atoms. The molecule has 6 heteroatoms. The summed E-state index contributed by atoms with van der Waals surface area (Å²) in [6.45, 7) is 1.20. The smallest absolute Gasteiger partial charge is 0.191 e. The van der Waals surface area contributed by atoms with Crippen LogP contribution < -0.4 is 15.4 Å². The molecule has 4 nitrogen and oxygen atoms in total. The maximum Gasteiger partial charge on any atom is 0.191 e. The first kappa shape index (κ1) is 21.2. The Bertz CT molecular complexity index is 662. The van der Waals surface area contributed by atoms with Crippen molar-refractivity contribution in [1.29, 1.82) is 0 Å². The van der Waals surface area contributed by atoms with E-state index < -0.39 is 0 Å². The van der Waals surface area contributed by atoms with E-state index >= 15 is 0 Å². The number of aryl methyl sites for hydroxylation is 1. The molecular weight excluding hydrogens is 432 g/mol. The number of nitrogens with one attached hydrogen (secondary N) is 2. The Kier molecular flexibility index (Phi) is 9.91. The molecular formula is C19H25FIN3O. The molecule has 0 aliphatic rings. The number of hydrogen-bond acceptors (Lipinski definition) is 2. The molecule has 0 spiro atoms. The summed E-state index contributed by atoms with van der Waals surface area (Å²) in [6, 6.07) is 14.8. The molecule has 0 fully saturated rings. The van der Waals surface area contributed by atoms with Gasteiger partial charge in [-0.1, -0.05) is 30.3 Å². The maximum absolute atomic E-state index is 13.6. The molecule has 2 aromatic carbocycles. The summed E-state index contributed by atoms with van der Waals surface area (Å²) in [5, 5.41) is 6.37. The minimum Gasteiger partial charge on any atom is -0.497 e. The Morgan fingerprint density at radius 2 is 1.80 bits per heavy atom. The predicted octanol–water partition coefficient (Wildman–Crippen LogP) is 3.75. The number of guanidine groups is 1. The van der Waals surface area contributed by atoms with E-state index in [9.17, 15) is 4.39 Å². The first-order valence-corrected chi connectivity index (χ1v) is 8.04. The molecule has 0 heterocycles. The SMILES string of the molecule is CN=C(NCCCc1ccc(OC)cc1)NCc1ccccc1F.I. The minimum atomic E-state index is -0.208. The second-order valence-electron chi connectivity index (χ2n) is 5.40. The lowest BCUT2D eigenvalue weighted by Gasteiger charge is -2.12. The lowest BCUT2D eigenvalue weighted by molar-refractivity contribution is 0.414. The highest BCUT2D eigenvalue weighted by atomic mass is 127. The van der Waals surface area contributed by atoms with E-state index in [4.69, 9.17) is 4.74 Å². The molecule has 0 aliphatic carbocycles. The van der Waals surface area contributed by atoms with Crippen LogP contribution in [0.4, 0.5) is 4.39 Å². The highest BCUT2D eigenvalue weighted by Gasteiger charge is 2.02. The fourth-order valence-electron chi connectivity index (χ4n) is 2.33. The van der Waals surface area contributed by atoms with Crippen molar-refractivity contribution in [1.82, 2.24) is 10.6 Å².